The van der Waals surface area contributed by atoms with Gasteiger partial charge in [-0.2, -0.15) is 0 Å². The van der Waals surface area contributed by atoms with Gasteiger partial charge in [0.1, 0.15) is 0 Å². The maximum absolute atomic E-state index is 10.9. The first-order chi connectivity index (χ1) is 9.09. The Morgan fingerprint density at radius 1 is 0.714 bits per heavy atom. The largest absolute Gasteiger partial charge is 0.344 e. The Bertz CT molecular complexity index is 590. The van der Waals surface area contributed by atoms with Gasteiger partial charge in [0.2, 0.25) is 0 Å². The fraction of sp³-hybridized carbons (Fsp3) is 0.0769. The molecule has 0 unspecified atom stereocenters. The van der Waals surface area contributed by atoms with Crippen molar-refractivity contribution in [1.82, 2.24) is 12.3 Å². The minimum absolute atomic E-state index is 0. The number of benzene rings is 2. The predicted molar refractivity (Wildman–Crippen MR) is 79.0 cm³/mol. The summed E-state index contributed by atoms with van der Waals surface area (Å²) in [4.78, 5) is 20.8. The molecule has 0 atom stereocenters. The molecule has 2 rings (SSSR count). The highest BCUT2D eigenvalue weighted by atomic mass is 16.6. The van der Waals surface area contributed by atoms with E-state index in [1.165, 1.54) is 12.1 Å². The summed E-state index contributed by atoms with van der Waals surface area (Å²) in [5, 5.41) is 21.8. The van der Waals surface area contributed by atoms with Gasteiger partial charge in [-0.1, -0.05) is 36.4 Å². The molecule has 21 heavy (non-hydrogen) atoms. The highest BCUT2D eigenvalue weighted by molar-refractivity contribution is 5.48. The molecule has 112 valence electrons. The summed E-state index contributed by atoms with van der Waals surface area (Å²) in [6.45, 7) is 0. The summed E-state index contributed by atoms with van der Waals surface area (Å²) < 4.78 is 0. The molecule has 0 saturated carbocycles. The van der Waals surface area contributed by atoms with Crippen molar-refractivity contribution < 1.29 is 9.85 Å². The quantitative estimate of drug-likeness (QED) is 0.649. The summed E-state index contributed by atoms with van der Waals surface area (Å²) >= 11 is 0. The molecular formula is C13H16N4O4. The second-order valence-corrected chi connectivity index (χ2v) is 3.95. The standard InChI is InChI=1S/C13H10N2O4.2H3N/c16-14(17)12-7-3-1-5-10(12)9-11-6-2-4-8-13(11)15(18)19;;/h1-8H,9H2;2*1H3. The summed E-state index contributed by atoms with van der Waals surface area (Å²) in [5.74, 6) is 0. The third-order valence-electron chi connectivity index (χ3n) is 2.76. The molecule has 0 aliphatic carbocycles. The number of hydrogen-bond acceptors (Lipinski definition) is 6. The maximum atomic E-state index is 10.9. The van der Waals surface area contributed by atoms with E-state index in [1.807, 2.05) is 0 Å². The molecule has 2 aromatic carbocycles. The van der Waals surface area contributed by atoms with Crippen LogP contribution in [0, 0.1) is 20.2 Å². The van der Waals surface area contributed by atoms with Crippen molar-refractivity contribution in [2.24, 2.45) is 0 Å². The second-order valence-electron chi connectivity index (χ2n) is 3.95. The number of nitro groups is 2. The van der Waals surface area contributed by atoms with Gasteiger partial charge >= 0.3 is 0 Å². The molecule has 0 fully saturated rings. The van der Waals surface area contributed by atoms with E-state index in [0.717, 1.165) is 0 Å². The molecule has 8 heteroatoms. The lowest BCUT2D eigenvalue weighted by Gasteiger charge is -2.04. The summed E-state index contributed by atoms with van der Waals surface area (Å²) in [6, 6.07) is 12.5. The second kappa shape index (κ2) is 7.68. The van der Waals surface area contributed by atoms with E-state index in [1.54, 1.807) is 36.4 Å². The van der Waals surface area contributed by atoms with Crippen LogP contribution in [0.4, 0.5) is 11.4 Å². The van der Waals surface area contributed by atoms with E-state index in [0.29, 0.717) is 11.1 Å². The molecule has 6 N–H and O–H groups in total. The lowest BCUT2D eigenvalue weighted by Crippen LogP contribution is -1.99. The van der Waals surface area contributed by atoms with E-state index < -0.39 is 9.85 Å². The molecule has 2 aromatic rings. The van der Waals surface area contributed by atoms with E-state index in [-0.39, 0.29) is 30.1 Å². The number of hydrogen-bond donors (Lipinski definition) is 2. The Morgan fingerprint density at radius 2 is 1.05 bits per heavy atom. The minimum atomic E-state index is -0.482. The monoisotopic (exact) mass is 292 g/mol. The van der Waals surface area contributed by atoms with Gasteiger partial charge in [-0.25, -0.2) is 0 Å². The van der Waals surface area contributed by atoms with E-state index in [9.17, 15) is 20.2 Å². The molecule has 0 heterocycles. The van der Waals surface area contributed by atoms with Crippen molar-refractivity contribution >= 4 is 11.4 Å². The fourth-order valence-corrected chi connectivity index (χ4v) is 1.88. The van der Waals surface area contributed by atoms with Gasteiger partial charge in [-0.3, -0.25) is 20.2 Å². The van der Waals surface area contributed by atoms with Crippen LogP contribution in [0.3, 0.4) is 0 Å². The molecule has 0 amide bonds. The van der Waals surface area contributed by atoms with Crippen LogP contribution in [0.1, 0.15) is 11.1 Å². The summed E-state index contributed by atoms with van der Waals surface area (Å²) in [5.41, 5.74) is 0.866. The van der Waals surface area contributed by atoms with Gasteiger partial charge in [-0.15, -0.1) is 0 Å². The van der Waals surface area contributed by atoms with Gasteiger partial charge in [0.15, 0.2) is 0 Å². The van der Waals surface area contributed by atoms with Crippen LogP contribution in [0.15, 0.2) is 48.5 Å². The van der Waals surface area contributed by atoms with E-state index in [2.05, 4.69) is 0 Å². The first-order valence-electron chi connectivity index (χ1n) is 5.54. The summed E-state index contributed by atoms with van der Waals surface area (Å²) in [7, 11) is 0. The highest BCUT2D eigenvalue weighted by Crippen LogP contribution is 2.25. The topological polar surface area (TPSA) is 156 Å². The normalized spacial score (nSPS) is 9.14. The van der Waals surface area contributed by atoms with Crippen molar-refractivity contribution in [2.45, 2.75) is 6.42 Å². The van der Waals surface area contributed by atoms with Crippen molar-refractivity contribution in [1.29, 1.82) is 0 Å². The Balaban J connectivity index is 0.00000200. The van der Waals surface area contributed by atoms with Crippen LogP contribution in [0.2, 0.25) is 0 Å². The van der Waals surface area contributed by atoms with Crippen molar-refractivity contribution in [3.8, 4) is 0 Å². The lowest BCUT2D eigenvalue weighted by atomic mass is 10.0. The SMILES string of the molecule is N.N.O=[N+]([O-])c1ccccc1Cc1ccccc1[N+](=O)[O-]. The van der Waals surface area contributed by atoms with Crippen LogP contribution >= 0.6 is 0 Å². The molecule has 0 radical (unpaired) electrons. The summed E-state index contributed by atoms with van der Waals surface area (Å²) in [6.07, 6.45) is 0.161. The highest BCUT2D eigenvalue weighted by Gasteiger charge is 2.17. The first kappa shape index (κ1) is 18.2. The molecule has 0 aliphatic heterocycles. The molecule has 0 aromatic heterocycles. The molecule has 0 aliphatic rings. The Morgan fingerprint density at radius 3 is 1.38 bits per heavy atom. The van der Waals surface area contributed by atoms with Crippen molar-refractivity contribution in [2.75, 3.05) is 0 Å². The number of nitrogens with zero attached hydrogens (tertiary/aromatic N) is 2. The number of nitro benzene ring substituents is 2. The Hall–Kier alpha value is -2.84. The first-order valence-corrected chi connectivity index (χ1v) is 5.54. The predicted octanol–water partition coefficient (Wildman–Crippen LogP) is 3.42. The number of rotatable bonds is 4. The molecular weight excluding hydrogens is 276 g/mol. The van der Waals surface area contributed by atoms with Gasteiger partial charge in [-0.05, 0) is 0 Å². The Kier molecular flexibility index (Phi) is 6.64. The minimum Gasteiger partial charge on any atom is -0.344 e. The smallest absolute Gasteiger partial charge is 0.272 e. The van der Waals surface area contributed by atoms with Gasteiger partial charge in [0.25, 0.3) is 11.4 Å². The van der Waals surface area contributed by atoms with Crippen LogP contribution in [-0.4, -0.2) is 9.85 Å². The van der Waals surface area contributed by atoms with E-state index in [4.69, 9.17) is 0 Å². The van der Waals surface area contributed by atoms with Crippen LogP contribution < -0.4 is 12.3 Å². The maximum Gasteiger partial charge on any atom is 0.272 e. The zero-order valence-corrected chi connectivity index (χ0v) is 11.3. The van der Waals surface area contributed by atoms with Crippen LogP contribution in [0.25, 0.3) is 0 Å². The van der Waals surface area contributed by atoms with Gasteiger partial charge < -0.3 is 12.3 Å². The zero-order chi connectivity index (χ0) is 13.8. The fourth-order valence-electron chi connectivity index (χ4n) is 1.88. The number of para-hydroxylation sites is 2. The third kappa shape index (κ3) is 4.06. The molecule has 0 bridgehead atoms. The average Bonchev–Trinajstić information content (AvgIpc) is 2.39. The Labute approximate surface area is 120 Å². The zero-order valence-electron chi connectivity index (χ0n) is 11.3. The third-order valence-corrected chi connectivity index (χ3v) is 2.76. The van der Waals surface area contributed by atoms with Crippen molar-refractivity contribution in [3.63, 3.8) is 0 Å². The van der Waals surface area contributed by atoms with Gasteiger partial charge in [0.05, 0.1) is 9.85 Å². The molecule has 0 spiro atoms. The molecule has 8 nitrogen and oxygen atoms in total. The van der Waals surface area contributed by atoms with Gasteiger partial charge in [0, 0.05) is 29.7 Å². The van der Waals surface area contributed by atoms with Crippen LogP contribution in [0.5, 0.6) is 0 Å². The average molecular weight is 292 g/mol. The molecule has 0 saturated heterocycles. The van der Waals surface area contributed by atoms with Crippen LogP contribution in [-0.2, 0) is 6.42 Å². The lowest BCUT2D eigenvalue weighted by molar-refractivity contribution is -0.386. The van der Waals surface area contributed by atoms with Crippen molar-refractivity contribution in [3.05, 3.63) is 79.9 Å². The van der Waals surface area contributed by atoms with E-state index >= 15 is 0 Å².